The summed E-state index contributed by atoms with van der Waals surface area (Å²) >= 11 is 6.02. The van der Waals surface area contributed by atoms with Crippen LogP contribution in [-0.4, -0.2) is 34.1 Å². The Labute approximate surface area is 182 Å². The first-order valence-electron chi connectivity index (χ1n) is 9.19. The molecular formula is C20H18ClN5O4S. The van der Waals surface area contributed by atoms with Crippen LogP contribution in [-0.2, 0) is 23.4 Å². The number of benzene rings is 1. The average Bonchev–Trinajstić information content (AvgIpc) is 3.32. The van der Waals surface area contributed by atoms with Crippen molar-refractivity contribution in [3.63, 3.8) is 0 Å². The maximum Gasteiger partial charge on any atom is 0.268 e. The first-order valence-corrected chi connectivity index (χ1v) is 11.0. The number of amides is 1. The normalized spacial score (nSPS) is 11.7. The van der Waals surface area contributed by atoms with E-state index in [9.17, 15) is 18.0 Å². The Kier molecular flexibility index (Phi) is 5.19. The minimum atomic E-state index is -3.87. The number of aromatic amines is 2. The molecule has 0 spiro atoms. The van der Waals surface area contributed by atoms with Crippen molar-refractivity contribution in [3.8, 4) is 0 Å². The summed E-state index contributed by atoms with van der Waals surface area (Å²) in [6.45, 7) is 1.52. The van der Waals surface area contributed by atoms with Crippen molar-refractivity contribution >= 4 is 38.2 Å². The number of sulfone groups is 1. The minimum absolute atomic E-state index is 0.0265. The maximum absolute atomic E-state index is 13.2. The Bertz CT molecular complexity index is 1480. The quantitative estimate of drug-likeness (QED) is 0.421. The molecule has 0 aliphatic carbocycles. The Morgan fingerprint density at radius 2 is 2.03 bits per heavy atom. The maximum atomic E-state index is 13.2. The average molecular weight is 460 g/mol. The number of rotatable bonds is 5. The van der Waals surface area contributed by atoms with Crippen LogP contribution < -0.4 is 10.9 Å². The van der Waals surface area contributed by atoms with Gasteiger partial charge in [0.25, 0.3) is 11.5 Å². The van der Waals surface area contributed by atoms with Crippen LogP contribution in [0.15, 0.2) is 57.3 Å². The Balaban J connectivity index is 1.66. The van der Waals surface area contributed by atoms with Crippen LogP contribution in [0.1, 0.15) is 21.7 Å². The summed E-state index contributed by atoms with van der Waals surface area (Å²) in [5, 5.41) is 10.2. The van der Waals surface area contributed by atoms with Gasteiger partial charge in [0.2, 0.25) is 9.84 Å². The molecule has 0 bridgehead atoms. The van der Waals surface area contributed by atoms with Crippen molar-refractivity contribution in [2.45, 2.75) is 23.3 Å². The number of halogens is 1. The molecule has 1 amide bonds. The molecule has 0 saturated carbocycles. The molecule has 0 fully saturated rings. The SMILES string of the molecule is Cc1c(S(=O)(=O)c2ccc3[nH]ncc3c2)cc(C(=O)NCc2c(Cl)cc[nH]c2=O)n1C. The van der Waals surface area contributed by atoms with Crippen LogP contribution >= 0.6 is 11.6 Å². The van der Waals surface area contributed by atoms with Crippen molar-refractivity contribution < 1.29 is 13.2 Å². The van der Waals surface area contributed by atoms with E-state index in [1.54, 1.807) is 26.2 Å². The van der Waals surface area contributed by atoms with Crippen molar-refractivity contribution in [2.75, 3.05) is 0 Å². The summed E-state index contributed by atoms with van der Waals surface area (Å²) in [5.74, 6) is -0.531. The lowest BCUT2D eigenvalue weighted by Gasteiger charge is -2.08. The minimum Gasteiger partial charge on any atom is -0.346 e. The number of carbonyl (C=O) groups is 1. The van der Waals surface area contributed by atoms with Crippen LogP contribution in [0.3, 0.4) is 0 Å². The van der Waals surface area contributed by atoms with Crippen molar-refractivity contribution in [3.05, 3.63) is 75.1 Å². The third-order valence-corrected chi connectivity index (χ3v) is 7.39. The topological polar surface area (TPSA) is 130 Å². The molecule has 3 heterocycles. The Hall–Kier alpha value is -3.37. The second kappa shape index (κ2) is 7.71. The number of carbonyl (C=O) groups excluding carboxylic acids is 1. The zero-order valence-electron chi connectivity index (χ0n) is 16.6. The van der Waals surface area contributed by atoms with Crippen LogP contribution in [0.4, 0.5) is 0 Å². The fraction of sp³-hybridized carbons (Fsp3) is 0.150. The van der Waals surface area contributed by atoms with E-state index in [0.717, 1.165) is 5.52 Å². The number of nitrogens with one attached hydrogen (secondary N) is 3. The molecule has 11 heteroatoms. The number of nitrogens with zero attached hydrogens (tertiary/aromatic N) is 2. The van der Waals surface area contributed by atoms with E-state index in [1.165, 1.54) is 35.0 Å². The van der Waals surface area contributed by atoms with Gasteiger partial charge in [-0.15, -0.1) is 0 Å². The van der Waals surface area contributed by atoms with E-state index in [1.807, 2.05) is 0 Å². The molecule has 9 nitrogen and oxygen atoms in total. The molecule has 0 aliphatic rings. The summed E-state index contributed by atoms with van der Waals surface area (Å²) in [6, 6.07) is 7.51. The van der Waals surface area contributed by atoms with Gasteiger partial charge in [0.1, 0.15) is 5.69 Å². The van der Waals surface area contributed by atoms with Gasteiger partial charge < -0.3 is 14.9 Å². The van der Waals surface area contributed by atoms with E-state index in [-0.39, 0.29) is 32.6 Å². The predicted molar refractivity (Wildman–Crippen MR) is 115 cm³/mol. The Morgan fingerprint density at radius 1 is 1.26 bits per heavy atom. The van der Waals surface area contributed by atoms with E-state index in [2.05, 4.69) is 20.5 Å². The molecular weight excluding hydrogens is 442 g/mol. The summed E-state index contributed by atoms with van der Waals surface area (Å²) in [7, 11) is -2.27. The van der Waals surface area contributed by atoms with Gasteiger partial charge in [0.05, 0.1) is 38.6 Å². The second-order valence-corrected chi connectivity index (χ2v) is 9.30. The first-order chi connectivity index (χ1) is 14.7. The van der Waals surface area contributed by atoms with Gasteiger partial charge in [-0.05, 0) is 37.3 Å². The van der Waals surface area contributed by atoms with Gasteiger partial charge in [-0.2, -0.15) is 5.10 Å². The van der Waals surface area contributed by atoms with Gasteiger partial charge >= 0.3 is 0 Å². The molecule has 0 atom stereocenters. The highest BCUT2D eigenvalue weighted by atomic mass is 35.5. The summed E-state index contributed by atoms with van der Waals surface area (Å²) in [4.78, 5) is 27.3. The number of aromatic nitrogens is 4. The smallest absolute Gasteiger partial charge is 0.268 e. The van der Waals surface area contributed by atoms with E-state index < -0.39 is 21.3 Å². The summed E-state index contributed by atoms with van der Waals surface area (Å²) < 4.78 is 28.0. The van der Waals surface area contributed by atoms with Crippen molar-refractivity contribution in [1.29, 1.82) is 0 Å². The van der Waals surface area contributed by atoms with Gasteiger partial charge in [-0.1, -0.05) is 11.6 Å². The fourth-order valence-electron chi connectivity index (χ4n) is 3.29. The standard InChI is InChI=1S/C20H18ClN5O4S/c1-11-18(31(29,30)13-3-4-16-12(7-13)9-24-25-16)8-17(26(11)2)20(28)23-10-14-15(21)5-6-22-19(14)27/h3-9H,10H2,1-2H3,(H,22,27)(H,23,28)(H,24,25). The molecule has 4 rings (SSSR count). The van der Waals surface area contributed by atoms with Crippen LogP contribution in [0.25, 0.3) is 10.9 Å². The number of fused-ring (bicyclic) bond motifs is 1. The van der Waals surface area contributed by atoms with E-state index in [4.69, 9.17) is 11.6 Å². The third kappa shape index (κ3) is 3.64. The molecule has 31 heavy (non-hydrogen) atoms. The first kappa shape index (κ1) is 20.9. The summed E-state index contributed by atoms with van der Waals surface area (Å²) in [6.07, 6.45) is 2.95. The molecule has 0 unspecified atom stereocenters. The largest absolute Gasteiger partial charge is 0.346 e. The van der Waals surface area contributed by atoms with Gasteiger partial charge in [-0.3, -0.25) is 14.7 Å². The number of H-pyrrole nitrogens is 2. The Morgan fingerprint density at radius 3 is 2.77 bits per heavy atom. The third-order valence-electron chi connectivity index (χ3n) is 5.17. The molecule has 0 radical (unpaired) electrons. The highest BCUT2D eigenvalue weighted by Gasteiger charge is 2.26. The van der Waals surface area contributed by atoms with Gasteiger partial charge in [0, 0.05) is 24.3 Å². The predicted octanol–water partition coefficient (Wildman–Crippen LogP) is 2.31. The number of hydrogen-bond donors (Lipinski definition) is 3. The number of pyridine rings is 1. The fourth-order valence-corrected chi connectivity index (χ4v) is 5.08. The zero-order valence-corrected chi connectivity index (χ0v) is 18.1. The van der Waals surface area contributed by atoms with Gasteiger partial charge in [-0.25, -0.2) is 8.42 Å². The lowest BCUT2D eigenvalue weighted by molar-refractivity contribution is 0.0942. The van der Waals surface area contributed by atoms with Crippen LogP contribution in [0, 0.1) is 6.92 Å². The lowest BCUT2D eigenvalue weighted by atomic mass is 10.2. The van der Waals surface area contributed by atoms with Crippen LogP contribution in [0.5, 0.6) is 0 Å². The van der Waals surface area contributed by atoms with E-state index in [0.29, 0.717) is 11.1 Å². The number of hydrogen-bond acceptors (Lipinski definition) is 5. The molecule has 4 aromatic rings. The van der Waals surface area contributed by atoms with Crippen molar-refractivity contribution in [1.82, 2.24) is 25.1 Å². The molecule has 1 aromatic carbocycles. The van der Waals surface area contributed by atoms with E-state index >= 15 is 0 Å². The molecule has 0 aliphatic heterocycles. The highest BCUT2D eigenvalue weighted by Crippen LogP contribution is 2.28. The molecule has 160 valence electrons. The van der Waals surface area contributed by atoms with Crippen LogP contribution in [0.2, 0.25) is 5.02 Å². The van der Waals surface area contributed by atoms with Crippen molar-refractivity contribution in [2.24, 2.45) is 7.05 Å². The van der Waals surface area contributed by atoms with Gasteiger partial charge in [0.15, 0.2) is 0 Å². The molecule has 0 saturated heterocycles. The summed E-state index contributed by atoms with van der Waals surface area (Å²) in [5.41, 5.74) is 1.08. The lowest BCUT2D eigenvalue weighted by Crippen LogP contribution is -2.28. The molecule has 3 aromatic heterocycles. The molecule has 3 N–H and O–H groups in total. The second-order valence-electron chi connectivity index (χ2n) is 6.98. The monoisotopic (exact) mass is 459 g/mol. The zero-order chi connectivity index (χ0) is 22.3. The highest BCUT2D eigenvalue weighted by molar-refractivity contribution is 7.91.